The van der Waals surface area contributed by atoms with Crippen molar-refractivity contribution in [2.45, 2.75) is 9.49 Å². The summed E-state index contributed by atoms with van der Waals surface area (Å²) < 4.78 is 40.2. The molecule has 5 nitrogen and oxygen atoms in total. The second-order valence-corrected chi connectivity index (χ2v) is 7.44. The van der Waals surface area contributed by atoms with Gasteiger partial charge < -0.3 is 4.74 Å². The van der Waals surface area contributed by atoms with Crippen LogP contribution in [-0.4, -0.2) is 32.3 Å². The molecule has 3 amide bonds. The Balaban J connectivity index is 2.15. The van der Waals surface area contributed by atoms with Gasteiger partial charge in [-0.05, 0) is 24.3 Å². The highest BCUT2D eigenvalue weighted by atomic mass is 35.5. The van der Waals surface area contributed by atoms with E-state index < -0.39 is 28.0 Å². The van der Waals surface area contributed by atoms with Crippen LogP contribution in [0.4, 0.5) is 23.7 Å². The Hall–Kier alpha value is -1.03. The van der Waals surface area contributed by atoms with Gasteiger partial charge in [-0.15, -0.1) is 8.78 Å². The van der Waals surface area contributed by atoms with Crippen LogP contribution in [0.15, 0.2) is 24.3 Å². The van der Waals surface area contributed by atoms with Crippen molar-refractivity contribution in [3.05, 3.63) is 24.3 Å². The summed E-state index contributed by atoms with van der Waals surface area (Å²) in [6, 6.07) is 3.67. The maximum absolute atomic E-state index is 13.2. The molecule has 126 valence electrons. The zero-order chi connectivity index (χ0) is 17.4. The van der Waals surface area contributed by atoms with Crippen molar-refractivity contribution >= 4 is 64.4 Å². The largest absolute Gasteiger partial charge is 0.487 e. The maximum atomic E-state index is 13.2. The molecule has 1 saturated heterocycles. The monoisotopic (exact) mass is 408 g/mol. The molecule has 1 aliphatic heterocycles. The standard InChI is InChI=1S/C11H6Cl3F3N2O3S/c12-10(13,15)23-18-5-8(20)19(9(18)21)6-1-3-7(4-2-6)22-11(14,16)17/h1-4H,5H2. The second-order valence-electron chi connectivity index (χ2n) is 4.13. The van der Waals surface area contributed by atoms with Crippen LogP contribution in [0.5, 0.6) is 5.75 Å². The minimum Gasteiger partial charge on any atom is -0.420 e. The van der Waals surface area contributed by atoms with Crippen LogP contribution in [0.25, 0.3) is 0 Å². The van der Waals surface area contributed by atoms with Crippen LogP contribution in [0.1, 0.15) is 0 Å². The second kappa shape index (κ2) is 6.46. The summed E-state index contributed by atoms with van der Waals surface area (Å²) >= 11 is 15.0. The van der Waals surface area contributed by atoms with Crippen LogP contribution < -0.4 is 9.64 Å². The van der Waals surface area contributed by atoms with E-state index in [1.807, 2.05) is 0 Å². The molecular formula is C11H6Cl3F3N2O3S. The van der Waals surface area contributed by atoms with Crippen molar-refractivity contribution in [3.63, 3.8) is 0 Å². The number of carbonyl (C=O) groups excluding carboxylic acids is 2. The average Bonchev–Trinajstić information content (AvgIpc) is 2.62. The summed E-state index contributed by atoms with van der Waals surface area (Å²) in [7, 11) is 0. The van der Waals surface area contributed by atoms with Crippen molar-refractivity contribution in [1.82, 2.24) is 4.31 Å². The number of benzene rings is 1. The predicted octanol–water partition coefficient (Wildman–Crippen LogP) is 4.33. The Morgan fingerprint density at radius 2 is 1.65 bits per heavy atom. The number of hydrogen-bond acceptors (Lipinski definition) is 4. The highest BCUT2D eigenvalue weighted by Crippen LogP contribution is 2.41. The molecule has 1 aromatic rings. The number of rotatable bonds is 5. The molecule has 0 unspecified atom stereocenters. The molecule has 1 fully saturated rings. The van der Waals surface area contributed by atoms with Gasteiger partial charge in [0, 0.05) is 23.5 Å². The number of urea groups is 1. The van der Waals surface area contributed by atoms with E-state index in [0.29, 0.717) is 0 Å². The van der Waals surface area contributed by atoms with Crippen LogP contribution in [0, 0.1) is 0 Å². The molecule has 12 heteroatoms. The zero-order valence-corrected chi connectivity index (χ0v) is 13.9. The van der Waals surface area contributed by atoms with E-state index in [1.165, 1.54) is 12.1 Å². The number of amides is 3. The first-order valence-electron chi connectivity index (χ1n) is 5.72. The zero-order valence-electron chi connectivity index (χ0n) is 10.8. The van der Waals surface area contributed by atoms with Gasteiger partial charge in [-0.1, -0.05) is 23.2 Å². The molecule has 1 aromatic carbocycles. The third kappa shape index (κ3) is 4.97. The normalized spacial score (nSPS) is 16.3. The minimum atomic E-state index is -3.89. The van der Waals surface area contributed by atoms with Gasteiger partial charge in [0.05, 0.1) is 5.69 Å². The van der Waals surface area contributed by atoms with E-state index >= 15 is 0 Å². The summed E-state index contributed by atoms with van der Waals surface area (Å²) in [5, 5.41) is 0. The molecule has 1 aliphatic rings. The maximum Gasteiger partial charge on any atom is 0.487 e. The highest BCUT2D eigenvalue weighted by molar-refractivity contribution is 8.01. The molecule has 0 saturated carbocycles. The fourth-order valence-electron chi connectivity index (χ4n) is 1.73. The fraction of sp³-hybridized carbons (Fsp3) is 0.273. The lowest BCUT2D eigenvalue weighted by atomic mass is 10.3. The van der Waals surface area contributed by atoms with E-state index in [9.17, 15) is 22.8 Å². The van der Waals surface area contributed by atoms with Gasteiger partial charge in [0.1, 0.15) is 12.3 Å². The van der Waals surface area contributed by atoms with Gasteiger partial charge in [-0.25, -0.2) is 9.69 Å². The molecule has 0 aliphatic carbocycles. The average molecular weight is 410 g/mol. The van der Waals surface area contributed by atoms with Gasteiger partial charge in [0.2, 0.25) is 0 Å². The number of anilines is 1. The third-order valence-corrected chi connectivity index (χ3v) is 3.68. The van der Waals surface area contributed by atoms with Gasteiger partial charge in [0.25, 0.3) is 5.91 Å². The van der Waals surface area contributed by atoms with Crippen molar-refractivity contribution < 1.29 is 27.5 Å². The number of imide groups is 1. The first-order valence-corrected chi connectivity index (χ1v) is 7.63. The SMILES string of the molecule is O=C1CN(SC(F)(Cl)Cl)C(=O)N1c1ccc(OC(F)(F)Cl)cc1. The van der Waals surface area contributed by atoms with E-state index in [2.05, 4.69) is 16.3 Å². The number of nitrogens with zero attached hydrogens (tertiary/aromatic N) is 2. The van der Waals surface area contributed by atoms with E-state index in [1.54, 1.807) is 0 Å². The number of hydrogen-bond donors (Lipinski definition) is 0. The Bertz CT molecular complexity index is 622. The number of halogens is 6. The molecule has 0 bridgehead atoms. The van der Waals surface area contributed by atoms with Gasteiger partial charge >= 0.3 is 15.5 Å². The van der Waals surface area contributed by atoms with Crippen LogP contribution in [0.3, 0.4) is 0 Å². The van der Waals surface area contributed by atoms with Gasteiger partial charge in [0.15, 0.2) is 0 Å². The summed E-state index contributed by atoms with van der Waals surface area (Å²) in [5.41, 5.74) is -3.82. The summed E-state index contributed by atoms with van der Waals surface area (Å²) in [4.78, 5) is 24.6. The third-order valence-electron chi connectivity index (χ3n) is 2.48. The quantitative estimate of drug-likeness (QED) is 0.413. The molecule has 23 heavy (non-hydrogen) atoms. The van der Waals surface area contributed by atoms with Crippen molar-refractivity contribution in [1.29, 1.82) is 0 Å². The molecule has 0 spiro atoms. The molecular weight excluding hydrogens is 404 g/mol. The number of ether oxygens (including phenoxy) is 1. The van der Waals surface area contributed by atoms with Crippen LogP contribution in [-0.2, 0) is 4.79 Å². The molecule has 0 atom stereocenters. The smallest absolute Gasteiger partial charge is 0.420 e. The Labute approximate surface area is 147 Å². The summed E-state index contributed by atoms with van der Waals surface area (Å²) in [6.07, 6.45) is 0. The van der Waals surface area contributed by atoms with Crippen molar-refractivity contribution in [2.75, 3.05) is 11.4 Å². The number of alkyl halides is 6. The molecule has 2 rings (SSSR count). The lowest BCUT2D eigenvalue weighted by Gasteiger charge is -2.18. The summed E-state index contributed by atoms with van der Waals surface area (Å²) in [6.45, 7) is -0.452. The number of carbonyl (C=O) groups is 2. The molecule has 0 radical (unpaired) electrons. The Morgan fingerprint density at radius 1 is 1.09 bits per heavy atom. The van der Waals surface area contributed by atoms with Crippen molar-refractivity contribution in [3.8, 4) is 5.75 Å². The van der Waals surface area contributed by atoms with E-state index in [-0.39, 0.29) is 23.4 Å². The van der Waals surface area contributed by atoms with Crippen LogP contribution >= 0.6 is 46.8 Å². The predicted molar refractivity (Wildman–Crippen MR) is 80.6 cm³/mol. The molecule has 0 aromatic heterocycles. The lowest BCUT2D eigenvalue weighted by molar-refractivity contribution is -0.116. The highest BCUT2D eigenvalue weighted by Gasteiger charge is 2.42. The summed E-state index contributed by atoms with van der Waals surface area (Å²) in [5.74, 6) is -0.945. The lowest BCUT2D eigenvalue weighted by Crippen LogP contribution is -2.31. The van der Waals surface area contributed by atoms with Crippen LogP contribution in [0.2, 0.25) is 0 Å². The minimum absolute atomic E-state index is 0.0712. The van der Waals surface area contributed by atoms with Gasteiger partial charge in [-0.2, -0.15) is 4.39 Å². The van der Waals surface area contributed by atoms with E-state index in [0.717, 1.165) is 21.3 Å². The molecule has 1 heterocycles. The topological polar surface area (TPSA) is 49.9 Å². The first-order chi connectivity index (χ1) is 10.5. The Kier molecular flexibility index (Phi) is 5.15. The Morgan fingerprint density at radius 3 is 2.13 bits per heavy atom. The van der Waals surface area contributed by atoms with Gasteiger partial charge in [-0.3, -0.25) is 9.10 Å². The fourth-order valence-corrected chi connectivity index (χ4v) is 2.90. The first kappa shape index (κ1) is 18.3. The van der Waals surface area contributed by atoms with Crippen molar-refractivity contribution in [2.24, 2.45) is 0 Å². The molecule has 0 N–H and O–H groups in total. The van der Waals surface area contributed by atoms with E-state index in [4.69, 9.17) is 23.2 Å².